The molecule has 0 saturated carbocycles. The van der Waals surface area contributed by atoms with Crippen molar-refractivity contribution in [2.45, 2.75) is 20.5 Å². The molecule has 1 heterocycles. The summed E-state index contributed by atoms with van der Waals surface area (Å²) in [5.74, 6) is -1.02. The third kappa shape index (κ3) is 5.40. The highest BCUT2D eigenvalue weighted by Gasteiger charge is 2.12. The Balaban J connectivity index is 2.04. The number of alkyl halides is 2. The van der Waals surface area contributed by atoms with E-state index in [1.54, 1.807) is 26.0 Å². The van der Waals surface area contributed by atoms with Gasteiger partial charge in [-0.25, -0.2) is 4.79 Å². The van der Waals surface area contributed by atoms with Gasteiger partial charge in [-0.2, -0.15) is 13.9 Å². The van der Waals surface area contributed by atoms with Crippen LogP contribution in [0.5, 0.6) is 5.75 Å². The van der Waals surface area contributed by atoms with Gasteiger partial charge in [0.2, 0.25) is 0 Å². The lowest BCUT2D eigenvalue weighted by atomic mass is 10.1. The van der Waals surface area contributed by atoms with E-state index in [0.29, 0.717) is 17.0 Å². The summed E-state index contributed by atoms with van der Waals surface area (Å²) in [6, 6.07) is 7.34. The Bertz CT molecular complexity index is 801. The zero-order valence-electron chi connectivity index (χ0n) is 14.1. The van der Waals surface area contributed by atoms with Gasteiger partial charge in [0, 0.05) is 17.3 Å². The maximum absolute atomic E-state index is 12.1. The fraction of sp³-hybridized carbons (Fsp3) is 0.235. The molecule has 0 unspecified atom stereocenters. The Hall–Kier alpha value is -3.23. The molecule has 0 atom stereocenters. The maximum Gasteiger partial charge on any atom is 0.387 e. The molecule has 7 nitrogen and oxygen atoms in total. The van der Waals surface area contributed by atoms with E-state index in [2.05, 4.69) is 20.3 Å². The molecule has 0 aliphatic carbocycles. The Morgan fingerprint density at radius 3 is 2.62 bits per heavy atom. The van der Waals surface area contributed by atoms with Crippen LogP contribution in [0.2, 0.25) is 0 Å². The molecular formula is C17H17F2N3O4. The first kappa shape index (κ1) is 19.1. The summed E-state index contributed by atoms with van der Waals surface area (Å²) in [6.45, 7) is 0.570. The van der Waals surface area contributed by atoms with Gasteiger partial charge in [-0.3, -0.25) is 9.89 Å². The minimum absolute atomic E-state index is 0.0250. The number of halogens is 2. The van der Waals surface area contributed by atoms with Crippen LogP contribution in [0.25, 0.3) is 11.3 Å². The summed E-state index contributed by atoms with van der Waals surface area (Å²) in [6.07, 6.45) is 1.17. The van der Waals surface area contributed by atoms with Crippen LogP contribution in [0, 0.1) is 0 Å². The Kier molecular flexibility index (Phi) is 6.42. The van der Waals surface area contributed by atoms with Gasteiger partial charge in [-0.1, -0.05) is 0 Å². The molecular weight excluding hydrogens is 348 g/mol. The van der Waals surface area contributed by atoms with Crippen LogP contribution in [0.15, 0.2) is 42.1 Å². The number of aromatic nitrogens is 2. The molecule has 138 valence electrons. The van der Waals surface area contributed by atoms with Crippen molar-refractivity contribution in [3.63, 3.8) is 0 Å². The van der Waals surface area contributed by atoms with Gasteiger partial charge in [0.05, 0.1) is 12.3 Å². The minimum atomic E-state index is -2.90. The second kappa shape index (κ2) is 8.75. The highest BCUT2D eigenvalue weighted by Crippen LogP contribution is 2.22. The average Bonchev–Trinajstić information content (AvgIpc) is 3.05. The van der Waals surface area contributed by atoms with E-state index in [1.807, 2.05) is 0 Å². The van der Waals surface area contributed by atoms with Gasteiger partial charge >= 0.3 is 12.6 Å². The zero-order chi connectivity index (χ0) is 19.1. The minimum Gasteiger partial charge on any atom is -0.463 e. The van der Waals surface area contributed by atoms with Gasteiger partial charge in [0.25, 0.3) is 5.91 Å². The maximum atomic E-state index is 12.1. The molecule has 0 radical (unpaired) electrons. The lowest BCUT2D eigenvalue weighted by Crippen LogP contribution is -2.22. The van der Waals surface area contributed by atoms with Gasteiger partial charge < -0.3 is 14.8 Å². The van der Waals surface area contributed by atoms with E-state index < -0.39 is 18.5 Å². The predicted octanol–water partition coefficient (Wildman–Crippen LogP) is 2.87. The van der Waals surface area contributed by atoms with Crippen LogP contribution in [-0.2, 0) is 9.53 Å². The molecule has 1 aromatic heterocycles. The topological polar surface area (TPSA) is 93.3 Å². The molecule has 0 saturated heterocycles. The molecule has 26 heavy (non-hydrogen) atoms. The molecule has 0 aliphatic heterocycles. The number of benzene rings is 1. The first-order valence-electron chi connectivity index (χ1n) is 7.66. The molecule has 2 N–H and O–H groups in total. The van der Waals surface area contributed by atoms with E-state index in [0.717, 1.165) is 0 Å². The highest BCUT2D eigenvalue weighted by atomic mass is 19.3. The molecule has 9 heteroatoms. The SMILES string of the molecule is CCOC(=O)/C=C(\C)NC(=O)c1cc(-c2ccc(OC(F)F)cc2)n[nH]1. The van der Waals surface area contributed by atoms with Crippen LogP contribution in [0.3, 0.4) is 0 Å². The smallest absolute Gasteiger partial charge is 0.387 e. The molecule has 2 aromatic rings. The van der Waals surface area contributed by atoms with Crippen LogP contribution in [0.1, 0.15) is 24.3 Å². The van der Waals surface area contributed by atoms with Crippen molar-refractivity contribution in [1.82, 2.24) is 15.5 Å². The Morgan fingerprint density at radius 2 is 2.00 bits per heavy atom. The Morgan fingerprint density at radius 1 is 1.31 bits per heavy atom. The number of nitrogens with one attached hydrogen (secondary N) is 2. The summed E-state index contributed by atoms with van der Waals surface area (Å²) >= 11 is 0. The largest absolute Gasteiger partial charge is 0.463 e. The molecule has 0 bridgehead atoms. The normalized spacial score (nSPS) is 11.3. The van der Waals surface area contributed by atoms with Crippen LogP contribution in [0.4, 0.5) is 8.78 Å². The lowest BCUT2D eigenvalue weighted by molar-refractivity contribution is -0.137. The van der Waals surface area contributed by atoms with Gasteiger partial charge in [0.15, 0.2) is 0 Å². The monoisotopic (exact) mass is 365 g/mol. The second-order valence-electron chi connectivity index (χ2n) is 5.10. The second-order valence-corrected chi connectivity index (χ2v) is 5.10. The predicted molar refractivity (Wildman–Crippen MR) is 88.5 cm³/mol. The van der Waals surface area contributed by atoms with Crippen LogP contribution in [-0.4, -0.2) is 35.3 Å². The molecule has 0 fully saturated rings. The van der Waals surface area contributed by atoms with E-state index in [9.17, 15) is 18.4 Å². The van der Waals surface area contributed by atoms with E-state index in [4.69, 9.17) is 4.74 Å². The fourth-order valence-corrected chi connectivity index (χ4v) is 2.04. The van der Waals surface area contributed by atoms with Gasteiger partial charge in [-0.05, 0) is 44.2 Å². The molecule has 0 aliphatic rings. The molecule has 2 rings (SSSR count). The first-order chi connectivity index (χ1) is 12.4. The highest BCUT2D eigenvalue weighted by molar-refractivity contribution is 5.95. The number of aromatic amines is 1. The third-order valence-corrected chi connectivity index (χ3v) is 3.13. The molecule has 0 spiro atoms. The summed E-state index contributed by atoms with van der Waals surface area (Å²) in [5, 5.41) is 9.12. The van der Waals surface area contributed by atoms with Crippen molar-refractivity contribution < 1.29 is 27.8 Å². The Labute approximate surface area is 148 Å². The number of carbonyl (C=O) groups excluding carboxylic acids is 2. The molecule has 1 amide bonds. The average molecular weight is 365 g/mol. The number of nitrogens with zero attached hydrogens (tertiary/aromatic N) is 1. The summed E-state index contributed by atoms with van der Waals surface area (Å²) < 4.78 is 33.3. The first-order valence-corrected chi connectivity index (χ1v) is 7.66. The summed E-state index contributed by atoms with van der Waals surface area (Å²) in [7, 11) is 0. The fourth-order valence-electron chi connectivity index (χ4n) is 2.04. The number of ether oxygens (including phenoxy) is 2. The third-order valence-electron chi connectivity index (χ3n) is 3.13. The van der Waals surface area contributed by atoms with Crippen LogP contribution < -0.4 is 10.1 Å². The van der Waals surface area contributed by atoms with Crippen LogP contribution >= 0.6 is 0 Å². The number of hydrogen-bond donors (Lipinski definition) is 2. The van der Waals surface area contributed by atoms with E-state index >= 15 is 0 Å². The van der Waals surface area contributed by atoms with Crippen molar-refractivity contribution in [1.29, 1.82) is 0 Å². The molecule has 1 aromatic carbocycles. The summed E-state index contributed by atoms with van der Waals surface area (Å²) in [5.41, 5.74) is 1.55. The lowest BCUT2D eigenvalue weighted by Gasteiger charge is -2.04. The number of allylic oxidation sites excluding steroid dienone is 1. The van der Waals surface area contributed by atoms with E-state index in [1.165, 1.54) is 24.3 Å². The van der Waals surface area contributed by atoms with Crippen molar-refractivity contribution in [3.05, 3.63) is 47.8 Å². The number of amides is 1. The number of esters is 1. The van der Waals surface area contributed by atoms with E-state index in [-0.39, 0.29) is 18.1 Å². The number of H-pyrrole nitrogens is 1. The summed E-state index contributed by atoms with van der Waals surface area (Å²) in [4.78, 5) is 23.5. The van der Waals surface area contributed by atoms with Gasteiger partial charge in [-0.15, -0.1) is 0 Å². The number of rotatable bonds is 7. The zero-order valence-corrected chi connectivity index (χ0v) is 14.1. The van der Waals surface area contributed by atoms with Crippen molar-refractivity contribution in [3.8, 4) is 17.0 Å². The van der Waals surface area contributed by atoms with Gasteiger partial charge in [0.1, 0.15) is 11.4 Å². The van der Waals surface area contributed by atoms with Crippen molar-refractivity contribution >= 4 is 11.9 Å². The number of carbonyl (C=O) groups is 2. The number of hydrogen-bond acceptors (Lipinski definition) is 5. The standard InChI is InChI=1S/C17H17F2N3O4/c1-3-25-15(23)8-10(2)20-16(24)14-9-13(21-22-14)11-4-6-12(7-5-11)26-17(18)19/h4-9,17H,3H2,1-2H3,(H,20,24)(H,21,22)/b10-8+. The van der Waals surface area contributed by atoms with Crippen molar-refractivity contribution in [2.75, 3.05) is 6.61 Å². The van der Waals surface area contributed by atoms with Crippen molar-refractivity contribution in [2.24, 2.45) is 0 Å². The quantitative estimate of drug-likeness (QED) is 0.581.